The number of ether oxygens (including phenoxy) is 1. The number of hydrogen-bond acceptors (Lipinski definition) is 9. The molecular formula is C24H23N7O3S. The smallest absolute Gasteiger partial charge is 0.260 e. The van der Waals surface area contributed by atoms with E-state index in [1.807, 2.05) is 52.1 Å². The van der Waals surface area contributed by atoms with Crippen LogP contribution in [0.3, 0.4) is 0 Å². The second-order valence-electron chi connectivity index (χ2n) is 7.83. The Labute approximate surface area is 204 Å². The van der Waals surface area contributed by atoms with Gasteiger partial charge in [-0.15, -0.1) is 11.3 Å². The molecule has 2 aromatic carbocycles. The lowest BCUT2D eigenvalue weighted by molar-refractivity contribution is -0.127. The van der Waals surface area contributed by atoms with Gasteiger partial charge in [-0.25, -0.2) is 15.0 Å². The lowest BCUT2D eigenvalue weighted by atomic mass is 10.2. The van der Waals surface area contributed by atoms with E-state index in [2.05, 4.69) is 30.7 Å². The van der Waals surface area contributed by atoms with Crippen molar-refractivity contribution in [1.82, 2.24) is 30.0 Å². The number of benzene rings is 2. The molecule has 0 fully saturated rings. The summed E-state index contributed by atoms with van der Waals surface area (Å²) in [4.78, 5) is 25.4. The molecule has 1 atom stereocenters. The molecule has 0 bridgehead atoms. The average Bonchev–Trinajstić information content (AvgIpc) is 3.53. The van der Waals surface area contributed by atoms with Gasteiger partial charge in [-0.3, -0.25) is 9.48 Å². The Hall–Kier alpha value is -4.09. The molecule has 0 aliphatic heterocycles. The van der Waals surface area contributed by atoms with Crippen molar-refractivity contribution in [3.8, 4) is 5.75 Å². The summed E-state index contributed by atoms with van der Waals surface area (Å²) in [5, 5.41) is 23.1. The summed E-state index contributed by atoms with van der Waals surface area (Å²) in [6.07, 6.45) is 2.54. The maximum absolute atomic E-state index is 12.2. The maximum atomic E-state index is 12.2. The van der Waals surface area contributed by atoms with Crippen LogP contribution in [0.15, 0.2) is 59.8 Å². The normalized spacial score (nSPS) is 12.1. The quantitative estimate of drug-likeness (QED) is 0.288. The van der Waals surface area contributed by atoms with E-state index in [-0.39, 0.29) is 19.1 Å². The van der Waals surface area contributed by atoms with Gasteiger partial charge in [0.2, 0.25) is 0 Å². The molecule has 0 radical (unpaired) electrons. The number of amides is 1. The highest BCUT2D eigenvalue weighted by atomic mass is 32.1. The van der Waals surface area contributed by atoms with E-state index in [9.17, 15) is 4.79 Å². The summed E-state index contributed by atoms with van der Waals surface area (Å²) < 4.78 is 7.88. The van der Waals surface area contributed by atoms with E-state index in [0.29, 0.717) is 29.0 Å². The molecule has 3 heterocycles. The van der Waals surface area contributed by atoms with Gasteiger partial charge >= 0.3 is 0 Å². The van der Waals surface area contributed by atoms with Crippen molar-refractivity contribution in [2.24, 2.45) is 0 Å². The second-order valence-corrected chi connectivity index (χ2v) is 8.55. The van der Waals surface area contributed by atoms with Gasteiger partial charge in [0.15, 0.2) is 6.10 Å². The van der Waals surface area contributed by atoms with E-state index in [1.54, 1.807) is 24.3 Å². The summed E-state index contributed by atoms with van der Waals surface area (Å²) in [5.74, 6) is 0.722. The fraction of sp³-hybridized carbons (Fsp3) is 0.208. The number of carbonyl (C=O) groups is 1. The van der Waals surface area contributed by atoms with Crippen molar-refractivity contribution in [2.75, 3.05) is 18.5 Å². The van der Waals surface area contributed by atoms with Crippen LogP contribution in [-0.4, -0.2) is 55.0 Å². The van der Waals surface area contributed by atoms with E-state index in [4.69, 9.17) is 9.84 Å². The number of rotatable bonds is 9. The van der Waals surface area contributed by atoms with Gasteiger partial charge in [0.25, 0.3) is 5.91 Å². The molecule has 0 saturated heterocycles. The fourth-order valence-electron chi connectivity index (χ4n) is 3.73. The Bertz CT molecular complexity index is 1460. The van der Waals surface area contributed by atoms with Gasteiger partial charge in [-0.05, 0) is 37.3 Å². The van der Waals surface area contributed by atoms with Gasteiger partial charge in [0, 0.05) is 23.0 Å². The highest BCUT2D eigenvalue weighted by Gasteiger charge is 2.18. The molecule has 11 heteroatoms. The van der Waals surface area contributed by atoms with Crippen LogP contribution in [0, 0.1) is 0 Å². The molecule has 35 heavy (non-hydrogen) atoms. The Morgan fingerprint density at radius 2 is 2.14 bits per heavy atom. The number of fused-ring (bicyclic) bond motifs is 2. The topological polar surface area (TPSA) is 127 Å². The summed E-state index contributed by atoms with van der Waals surface area (Å²) in [6.45, 7) is 2.30. The number of hydrogen-bond donors (Lipinski definition) is 3. The molecule has 0 aliphatic carbocycles. The number of aromatic nitrogens is 5. The second kappa shape index (κ2) is 10.0. The highest BCUT2D eigenvalue weighted by molar-refractivity contribution is 7.07. The summed E-state index contributed by atoms with van der Waals surface area (Å²) >= 11 is 1.56. The van der Waals surface area contributed by atoms with Crippen LogP contribution in [-0.2, 0) is 11.3 Å². The van der Waals surface area contributed by atoms with E-state index < -0.39 is 6.10 Å². The third kappa shape index (κ3) is 4.91. The van der Waals surface area contributed by atoms with Crippen molar-refractivity contribution in [3.05, 3.63) is 65.5 Å². The molecule has 0 aliphatic rings. The first-order valence-corrected chi connectivity index (χ1v) is 12.0. The average molecular weight is 490 g/mol. The van der Waals surface area contributed by atoms with Gasteiger partial charge in [0.05, 0.1) is 47.0 Å². The molecule has 0 saturated carbocycles. The molecule has 178 valence electrons. The van der Waals surface area contributed by atoms with Gasteiger partial charge in [-0.1, -0.05) is 6.07 Å². The minimum Gasteiger partial charge on any atom is -0.480 e. The molecule has 0 unspecified atom stereocenters. The molecule has 3 aromatic heterocycles. The van der Waals surface area contributed by atoms with Gasteiger partial charge in [-0.2, -0.15) is 5.10 Å². The molecular weight excluding hydrogens is 466 g/mol. The number of carbonyl (C=O) groups excluding carboxylic acids is 1. The predicted molar refractivity (Wildman–Crippen MR) is 134 cm³/mol. The summed E-state index contributed by atoms with van der Waals surface area (Å²) in [6, 6.07) is 11.4. The number of nitrogens with one attached hydrogen (secondary N) is 2. The standard InChI is InChI=1S/C24H23N7O3S/c1-15(24(33)25-7-8-32)34-21-4-2-3-19-22(21)23(27-13-26-19)30-17-5-6-20-16(9-17)10-29-31(20)11-18-12-35-14-28-18/h2-6,9-10,12-15,32H,7-8,11H2,1H3,(H,25,33)(H,26,27,30)/t15-/m1/s1. The van der Waals surface area contributed by atoms with Crippen LogP contribution < -0.4 is 15.4 Å². The van der Waals surface area contributed by atoms with Crippen LogP contribution in [0.4, 0.5) is 11.5 Å². The van der Waals surface area contributed by atoms with E-state index >= 15 is 0 Å². The molecule has 10 nitrogen and oxygen atoms in total. The van der Waals surface area contributed by atoms with Gasteiger partial charge in [0.1, 0.15) is 17.9 Å². The SMILES string of the molecule is C[C@@H](Oc1cccc2ncnc(Nc3ccc4c(cnn4Cc4cscn4)c3)c12)C(=O)NCCO. The minimum absolute atomic E-state index is 0.136. The number of aliphatic hydroxyl groups excluding tert-OH is 1. The number of thiazole rings is 1. The van der Waals surface area contributed by atoms with Crippen molar-refractivity contribution in [2.45, 2.75) is 19.6 Å². The van der Waals surface area contributed by atoms with Crippen LogP contribution >= 0.6 is 11.3 Å². The first-order chi connectivity index (χ1) is 17.1. The number of aliphatic hydroxyl groups is 1. The third-order valence-corrected chi connectivity index (χ3v) is 6.04. The number of nitrogens with zero attached hydrogens (tertiary/aromatic N) is 5. The van der Waals surface area contributed by atoms with Crippen LogP contribution in [0.1, 0.15) is 12.6 Å². The zero-order valence-corrected chi connectivity index (χ0v) is 19.7. The van der Waals surface area contributed by atoms with Crippen LogP contribution in [0.5, 0.6) is 5.75 Å². The zero-order chi connectivity index (χ0) is 24.2. The summed E-state index contributed by atoms with van der Waals surface area (Å²) in [7, 11) is 0. The number of anilines is 2. The fourth-order valence-corrected chi connectivity index (χ4v) is 4.28. The Morgan fingerprint density at radius 1 is 1.23 bits per heavy atom. The largest absolute Gasteiger partial charge is 0.480 e. The van der Waals surface area contributed by atoms with Gasteiger partial charge < -0.3 is 20.5 Å². The zero-order valence-electron chi connectivity index (χ0n) is 18.9. The van der Waals surface area contributed by atoms with Crippen molar-refractivity contribution in [1.29, 1.82) is 0 Å². The lowest BCUT2D eigenvalue weighted by Gasteiger charge is -2.17. The molecule has 5 rings (SSSR count). The van der Waals surface area contributed by atoms with Crippen LogP contribution in [0.25, 0.3) is 21.8 Å². The van der Waals surface area contributed by atoms with Crippen molar-refractivity contribution in [3.63, 3.8) is 0 Å². The molecule has 5 aromatic rings. The Kier molecular flexibility index (Phi) is 6.51. The highest BCUT2D eigenvalue weighted by Crippen LogP contribution is 2.32. The third-order valence-electron chi connectivity index (χ3n) is 5.41. The molecule has 3 N–H and O–H groups in total. The predicted octanol–water partition coefficient (Wildman–Crippen LogP) is 3.10. The van der Waals surface area contributed by atoms with Crippen molar-refractivity contribution < 1.29 is 14.6 Å². The van der Waals surface area contributed by atoms with E-state index in [0.717, 1.165) is 22.3 Å². The monoisotopic (exact) mass is 489 g/mol. The lowest BCUT2D eigenvalue weighted by Crippen LogP contribution is -2.37. The Balaban J connectivity index is 1.42. The first kappa shape index (κ1) is 22.7. The Morgan fingerprint density at radius 3 is 2.97 bits per heavy atom. The van der Waals surface area contributed by atoms with Crippen molar-refractivity contribution >= 4 is 50.6 Å². The molecule has 0 spiro atoms. The maximum Gasteiger partial charge on any atom is 0.260 e. The minimum atomic E-state index is -0.764. The summed E-state index contributed by atoms with van der Waals surface area (Å²) in [5.41, 5.74) is 5.30. The first-order valence-electron chi connectivity index (χ1n) is 11.0. The van der Waals surface area contributed by atoms with Crippen LogP contribution in [0.2, 0.25) is 0 Å². The molecule has 1 amide bonds. The van der Waals surface area contributed by atoms with E-state index in [1.165, 1.54) is 6.33 Å².